The highest BCUT2D eigenvalue weighted by Crippen LogP contribution is 2.48. The summed E-state index contributed by atoms with van der Waals surface area (Å²) in [4.78, 5) is 14.2. The summed E-state index contributed by atoms with van der Waals surface area (Å²) in [5.41, 5.74) is -0.777. The van der Waals surface area contributed by atoms with Crippen molar-refractivity contribution in [2.45, 2.75) is 44.7 Å². The number of hydrogen-bond donors (Lipinski definition) is 0. The Kier molecular flexibility index (Phi) is 3.78. The summed E-state index contributed by atoms with van der Waals surface area (Å²) >= 11 is 0. The number of ether oxygens (including phenoxy) is 1. The van der Waals surface area contributed by atoms with Crippen molar-refractivity contribution < 1.29 is 17.9 Å². The standard InChI is InChI=1S/C14H24N2O4S/c1-11-9-15(12-3-4-12)7-8-16(11)21(18,19)10-14(5-6-14)13(17)20-2/h11-12H,3-10H2,1-2H3. The van der Waals surface area contributed by atoms with Gasteiger partial charge in [0.1, 0.15) is 0 Å². The van der Waals surface area contributed by atoms with Crippen LogP contribution in [0, 0.1) is 5.41 Å². The minimum atomic E-state index is -3.41. The summed E-state index contributed by atoms with van der Waals surface area (Å²) in [5.74, 6) is -0.476. The lowest BCUT2D eigenvalue weighted by molar-refractivity contribution is -0.146. The molecule has 3 aliphatic rings. The van der Waals surface area contributed by atoms with Crippen LogP contribution in [0.2, 0.25) is 0 Å². The molecule has 3 rings (SSSR count). The van der Waals surface area contributed by atoms with Gasteiger partial charge >= 0.3 is 5.97 Å². The topological polar surface area (TPSA) is 66.9 Å². The van der Waals surface area contributed by atoms with Gasteiger partial charge in [-0.25, -0.2) is 8.42 Å². The van der Waals surface area contributed by atoms with Gasteiger partial charge in [-0.15, -0.1) is 0 Å². The number of esters is 1. The Hall–Kier alpha value is -0.660. The molecule has 120 valence electrons. The first-order valence-electron chi connectivity index (χ1n) is 7.70. The molecule has 0 spiro atoms. The summed E-state index contributed by atoms with van der Waals surface area (Å²) in [6.07, 6.45) is 3.72. The number of nitrogens with zero attached hydrogens (tertiary/aromatic N) is 2. The molecule has 0 radical (unpaired) electrons. The highest BCUT2D eigenvalue weighted by atomic mass is 32.2. The van der Waals surface area contributed by atoms with Crippen molar-refractivity contribution in [2.75, 3.05) is 32.5 Å². The van der Waals surface area contributed by atoms with E-state index < -0.39 is 15.4 Å². The maximum atomic E-state index is 12.7. The van der Waals surface area contributed by atoms with Crippen LogP contribution in [0.4, 0.5) is 0 Å². The molecule has 6 nitrogen and oxygen atoms in total. The Morgan fingerprint density at radius 1 is 1.29 bits per heavy atom. The molecule has 0 aromatic carbocycles. The SMILES string of the molecule is COC(=O)C1(CS(=O)(=O)N2CCN(C3CC3)CC2C)CC1. The molecule has 0 aromatic rings. The zero-order valence-electron chi connectivity index (χ0n) is 12.7. The van der Waals surface area contributed by atoms with Gasteiger partial charge in [0.25, 0.3) is 0 Å². The van der Waals surface area contributed by atoms with Gasteiger partial charge in [-0.1, -0.05) is 0 Å². The van der Waals surface area contributed by atoms with Gasteiger partial charge in [-0.2, -0.15) is 4.31 Å². The number of piperazine rings is 1. The van der Waals surface area contributed by atoms with Crippen LogP contribution in [0.1, 0.15) is 32.6 Å². The summed E-state index contributed by atoms with van der Waals surface area (Å²) in [6, 6.07) is 0.653. The minimum absolute atomic E-state index is 0.0159. The van der Waals surface area contributed by atoms with Crippen molar-refractivity contribution >= 4 is 16.0 Å². The first kappa shape index (κ1) is 15.2. The van der Waals surface area contributed by atoms with Crippen LogP contribution in [0.3, 0.4) is 0 Å². The van der Waals surface area contributed by atoms with Gasteiger partial charge < -0.3 is 4.74 Å². The molecular weight excluding hydrogens is 292 g/mol. The largest absolute Gasteiger partial charge is 0.469 e. The van der Waals surface area contributed by atoms with E-state index in [4.69, 9.17) is 4.74 Å². The molecule has 3 fully saturated rings. The van der Waals surface area contributed by atoms with Gasteiger partial charge in [0.15, 0.2) is 0 Å². The third-order valence-corrected chi connectivity index (χ3v) is 7.12. The van der Waals surface area contributed by atoms with Gasteiger partial charge in [0, 0.05) is 31.7 Å². The van der Waals surface area contributed by atoms with Crippen molar-refractivity contribution in [3.63, 3.8) is 0 Å². The third kappa shape index (κ3) is 2.96. The molecule has 0 amide bonds. The van der Waals surface area contributed by atoms with Crippen molar-refractivity contribution in [2.24, 2.45) is 5.41 Å². The van der Waals surface area contributed by atoms with E-state index in [-0.39, 0.29) is 17.8 Å². The maximum absolute atomic E-state index is 12.7. The molecule has 0 aromatic heterocycles. The predicted molar refractivity (Wildman–Crippen MR) is 78.2 cm³/mol. The first-order chi connectivity index (χ1) is 9.88. The van der Waals surface area contributed by atoms with Crippen LogP contribution in [0.25, 0.3) is 0 Å². The molecule has 7 heteroatoms. The van der Waals surface area contributed by atoms with E-state index in [9.17, 15) is 13.2 Å². The zero-order chi connectivity index (χ0) is 15.3. The van der Waals surface area contributed by atoms with E-state index in [1.807, 2.05) is 6.92 Å². The Bertz CT molecular complexity index is 525. The molecule has 21 heavy (non-hydrogen) atoms. The first-order valence-corrected chi connectivity index (χ1v) is 9.31. The van der Waals surface area contributed by atoms with Gasteiger partial charge in [0.05, 0.1) is 18.3 Å². The lowest BCUT2D eigenvalue weighted by atomic mass is 10.1. The number of carbonyl (C=O) groups excluding carboxylic acids is 1. The van der Waals surface area contributed by atoms with Crippen LogP contribution in [-0.4, -0.2) is 68.2 Å². The fourth-order valence-corrected chi connectivity index (χ4v) is 5.61. The van der Waals surface area contributed by atoms with E-state index in [0.29, 0.717) is 25.4 Å². The highest BCUT2D eigenvalue weighted by molar-refractivity contribution is 7.89. The van der Waals surface area contributed by atoms with Crippen molar-refractivity contribution in [1.82, 2.24) is 9.21 Å². The van der Waals surface area contributed by atoms with E-state index in [0.717, 1.165) is 13.1 Å². The molecule has 2 saturated carbocycles. The van der Waals surface area contributed by atoms with Crippen LogP contribution in [0.5, 0.6) is 0 Å². The molecule has 0 N–H and O–H groups in total. The lowest BCUT2D eigenvalue weighted by Crippen LogP contribution is -2.55. The number of hydrogen-bond acceptors (Lipinski definition) is 5. The van der Waals surface area contributed by atoms with Crippen LogP contribution >= 0.6 is 0 Å². The molecular formula is C14H24N2O4S. The van der Waals surface area contributed by atoms with Crippen LogP contribution in [0.15, 0.2) is 0 Å². The normalized spacial score (nSPS) is 30.1. The summed E-state index contributed by atoms with van der Waals surface area (Å²) < 4.78 is 31.7. The number of methoxy groups -OCH3 is 1. The second-order valence-corrected chi connectivity index (χ2v) is 8.64. The molecule has 1 saturated heterocycles. The Balaban J connectivity index is 1.66. The van der Waals surface area contributed by atoms with Crippen LogP contribution in [-0.2, 0) is 19.6 Å². The molecule has 1 aliphatic heterocycles. The summed E-state index contributed by atoms with van der Waals surface area (Å²) in [6.45, 7) is 4.11. The van der Waals surface area contributed by atoms with Crippen molar-refractivity contribution in [3.05, 3.63) is 0 Å². The Morgan fingerprint density at radius 3 is 2.43 bits per heavy atom. The van der Waals surface area contributed by atoms with E-state index in [1.165, 1.54) is 20.0 Å². The molecule has 1 heterocycles. The zero-order valence-corrected chi connectivity index (χ0v) is 13.6. The van der Waals surface area contributed by atoms with Crippen molar-refractivity contribution in [1.29, 1.82) is 0 Å². The van der Waals surface area contributed by atoms with Crippen molar-refractivity contribution in [3.8, 4) is 0 Å². The Labute approximate surface area is 126 Å². The fourth-order valence-electron chi connectivity index (χ4n) is 3.36. The monoisotopic (exact) mass is 316 g/mol. The minimum Gasteiger partial charge on any atom is -0.469 e. The van der Waals surface area contributed by atoms with E-state index in [2.05, 4.69) is 4.90 Å². The van der Waals surface area contributed by atoms with Gasteiger partial charge in [-0.05, 0) is 32.6 Å². The molecule has 1 unspecified atom stereocenters. The number of rotatable bonds is 5. The van der Waals surface area contributed by atoms with E-state index >= 15 is 0 Å². The predicted octanol–water partition coefficient (Wildman–Crippen LogP) is 0.438. The molecule has 0 bridgehead atoms. The lowest BCUT2D eigenvalue weighted by Gasteiger charge is -2.39. The highest BCUT2D eigenvalue weighted by Gasteiger charge is 2.55. The van der Waals surface area contributed by atoms with Gasteiger partial charge in [-0.3, -0.25) is 9.69 Å². The summed E-state index contributed by atoms with van der Waals surface area (Å²) in [7, 11) is -2.08. The smallest absolute Gasteiger partial charge is 0.312 e. The second-order valence-electron chi connectivity index (χ2n) is 6.71. The van der Waals surface area contributed by atoms with Gasteiger partial charge in [0.2, 0.25) is 10.0 Å². The third-order valence-electron chi connectivity index (χ3n) is 4.95. The maximum Gasteiger partial charge on any atom is 0.312 e. The second kappa shape index (κ2) is 5.21. The number of sulfonamides is 1. The quantitative estimate of drug-likeness (QED) is 0.689. The Morgan fingerprint density at radius 2 is 1.95 bits per heavy atom. The van der Waals surface area contributed by atoms with Crippen LogP contribution < -0.4 is 0 Å². The fraction of sp³-hybridized carbons (Fsp3) is 0.929. The van der Waals surface area contributed by atoms with E-state index in [1.54, 1.807) is 4.31 Å². The average Bonchev–Trinajstić information content (AvgIpc) is 3.31. The average molecular weight is 316 g/mol. The molecule has 2 aliphatic carbocycles. The number of carbonyl (C=O) groups is 1. The molecule has 1 atom stereocenters. The summed E-state index contributed by atoms with van der Waals surface area (Å²) in [5, 5.41) is 0.